The predicted molar refractivity (Wildman–Crippen MR) is 81.9 cm³/mol. The van der Waals surface area contributed by atoms with E-state index in [4.69, 9.17) is 5.73 Å². The molecule has 1 atom stereocenters. The van der Waals surface area contributed by atoms with Crippen LogP contribution >= 0.6 is 11.8 Å². The minimum absolute atomic E-state index is 0.319. The van der Waals surface area contributed by atoms with Crippen LogP contribution in [0.3, 0.4) is 0 Å². The normalized spacial score (nSPS) is 18.8. The second kappa shape index (κ2) is 7.22. The van der Waals surface area contributed by atoms with Gasteiger partial charge in [-0.15, -0.1) is 5.10 Å². The number of rotatable bonds is 8. The van der Waals surface area contributed by atoms with Crippen LogP contribution in [0.1, 0.15) is 52.0 Å². The topological polar surface area (TPSA) is 98.7 Å². The third-order valence-corrected chi connectivity index (χ3v) is 5.01. The number of carbonyl (C=O) groups is 1. The van der Waals surface area contributed by atoms with Crippen LogP contribution in [-0.2, 0) is 4.79 Å². The summed E-state index contributed by atoms with van der Waals surface area (Å²) in [4.78, 5) is 11.6. The Balaban J connectivity index is 1.91. The maximum absolute atomic E-state index is 11.6. The second-order valence-electron chi connectivity index (χ2n) is 5.67. The number of hydrogen-bond acceptors (Lipinski definition) is 6. The first-order valence-electron chi connectivity index (χ1n) is 7.52. The van der Waals surface area contributed by atoms with Crippen molar-refractivity contribution in [2.75, 3.05) is 12.3 Å². The third kappa shape index (κ3) is 3.94. The summed E-state index contributed by atoms with van der Waals surface area (Å²) < 4.78 is 1.94. The molecule has 1 saturated carbocycles. The summed E-state index contributed by atoms with van der Waals surface area (Å²) in [6.07, 6.45) is 5.44. The average Bonchev–Trinajstić information content (AvgIpc) is 3.08. The summed E-state index contributed by atoms with van der Waals surface area (Å²) in [5.41, 5.74) is 4.82. The van der Waals surface area contributed by atoms with E-state index in [1.54, 1.807) is 11.8 Å². The number of thioether (sulfide) groups is 1. The lowest BCUT2D eigenvalue weighted by Gasteiger charge is -2.26. The molecule has 3 N–H and O–H groups in total. The van der Waals surface area contributed by atoms with Gasteiger partial charge >= 0.3 is 0 Å². The fraction of sp³-hybridized carbons (Fsp3) is 0.846. The summed E-state index contributed by atoms with van der Waals surface area (Å²) in [6.45, 7) is 4.53. The minimum atomic E-state index is -0.673. The molecule has 0 bridgehead atoms. The number of nitrogens with two attached hydrogens (primary N) is 1. The Bertz CT molecular complexity index is 473. The molecule has 21 heavy (non-hydrogen) atoms. The highest BCUT2D eigenvalue weighted by Crippen LogP contribution is 2.31. The molecule has 2 rings (SSSR count). The molecule has 1 aromatic rings. The van der Waals surface area contributed by atoms with Gasteiger partial charge in [0.05, 0.1) is 11.6 Å². The van der Waals surface area contributed by atoms with Crippen molar-refractivity contribution in [3.05, 3.63) is 0 Å². The molecule has 1 unspecified atom stereocenters. The first-order chi connectivity index (χ1) is 10.1. The number of tetrazole rings is 1. The summed E-state index contributed by atoms with van der Waals surface area (Å²) in [7, 11) is 0. The monoisotopic (exact) mass is 312 g/mol. The van der Waals surface area contributed by atoms with E-state index in [2.05, 4.69) is 20.8 Å². The molecule has 0 aromatic carbocycles. The lowest BCUT2D eigenvalue weighted by molar-refractivity contribution is -0.123. The van der Waals surface area contributed by atoms with Gasteiger partial charge in [-0.1, -0.05) is 31.5 Å². The van der Waals surface area contributed by atoms with Gasteiger partial charge in [0.25, 0.3) is 0 Å². The van der Waals surface area contributed by atoms with Gasteiger partial charge in [0.2, 0.25) is 11.1 Å². The van der Waals surface area contributed by atoms with Gasteiger partial charge in [-0.25, -0.2) is 4.68 Å². The number of hydrogen-bond donors (Lipinski definition) is 2. The molecule has 1 aromatic heterocycles. The predicted octanol–water partition coefficient (Wildman–Crippen LogP) is 1.12. The standard InChI is InChI=1S/C13H24N6OS/c1-3-15-13(2,11(14)20)8-9-21-12-16-17-18-19(12)10-6-4-5-7-10/h10,15H,3-9H2,1-2H3,(H2,14,20). The number of likely N-dealkylation sites (N-methyl/N-ethyl adjacent to an activating group) is 1. The number of primary amides is 1. The van der Waals surface area contributed by atoms with E-state index in [1.807, 2.05) is 18.5 Å². The smallest absolute Gasteiger partial charge is 0.237 e. The van der Waals surface area contributed by atoms with Gasteiger partial charge in [0, 0.05) is 5.75 Å². The number of amides is 1. The molecule has 118 valence electrons. The Morgan fingerprint density at radius 2 is 2.24 bits per heavy atom. The Morgan fingerprint density at radius 3 is 2.86 bits per heavy atom. The molecular formula is C13H24N6OS. The summed E-state index contributed by atoms with van der Waals surface area (Å²) in [5.74, 6) is 0.430. The molecule has 8 heteroatoms. The highest BCUT2D eigenvalue weighted by molar-refractivity contribution is 7.99. The van der Waals surface area contributed by atoms with Gasteiger partial charge in [-0.2, -0.15) is 0 Å². The molecule has 1 amide bonds. The molecule has 0 spiro atoms. The molecule has 7 nitrogen and oxygen atoms in total. The van der Waals surface area contributed by atoms with E-state index in [-0.39, 0.29) is 5.91 Å². The lowest BCUT2D eigenvalue weighted by atomic mass is 9.98. The summed E-state index contributed by atoms with van der Waals surface area (Å²) >= 11 is 1.59. The first-order valence-corrected chi connectivity index (χ1v) is 8.51. The van der Waals surface area contributed by atoms with Crippen LogP contribution in [0, 0.1) is 0 Å². The van der Waals surface area contributed by atoms with Gasteiger partial charge in [-0.3, -0.25) is 4.79 Å². The fourth-order valence-electron chi connectivity index (χ4n) is 2.69. The van der Waals surface area contributed by atoms with Gasteiger partial charge < -0.3 is 11.1 Å². The van der Waals surface area contributed by atoms with Crippen LogP contribution < -0.4 is 11.1 Å². The highest BCUT2D eigenvalue weighted by Gasteiger charge is 2.30. The lowest BCUT2D eigenvalue weighted by Crippen LogP contribution is -2.53. The van der Waals surface area contributed by atoms with Crippen LogP contribution in [0.2, 0.25) is 0 Å². The van der Waals surface area contributed by atoms with Crippen LogP contribution in [0.25, 0.3) is 0 Å². The summed E-state index contributed by atoms with van der Waals surface area (Å²) in [6, 6.07) is 0.429. The zero-order valence-electron chi connectivity index (χ0n) is 12.7. The van der Waals surface area contributed by atoms with Crippen LogP contribution in [0.15, 0.2) is 5.16 Å². The van der Waals surface area contributed by atoms with Crippen molar-refractivity contribution in [2.24, 2.45) is 5.73 Å². The van der Waals surface area contributed by atoms with Gasteiger partial charge in [0.1, 0.15) is 0 Å². The summed E-state index contributed by atoms with van der Waals surface area (Å²) in [5, 5.41) is 16.0. The largest absolute Gasteiger partial charge is 0.368 e. The highest BCUT2D eigenvalue weighted by atomic mass is 32.2. The Kier molecular flexibility index (Phi) is 5.58. The average molecular weight is 312 g/mol. The molecule has 1 aliphatic rings. The zero-order chi connectivity index (χ0) is 15.3. The SMILES string of the molecule is CCNC(C)(CCSc1nnnn1C1CCCC1)C(N)=O. The van der Waals surface area contributed by atoms with E-state index >= 15 is 0 Å². The Labute approximate surface area is 129 Å². The van der Waals surface area contributed by atoms with Crippen molar-refractivity contribution in [3.8, 4) is 0 Å². The quantitative estimate of drug-likeness (QED) is 0.698. The first kappa shape index (κ1) is 16.2. The molecule has 0 radical (unpaired) electrons. The molecule has 0 aliphatic heterocycles. The zero-order valence-corrected chi connectivity index (χ0v) is 13.5. The minimum Gasteiger partial charge on any atom is -0.368 e. The van der Waals surface area contributed by atoms with Crippen LogP contribution in [0.4, 0.5) is 0 Å². The van der Waals surface area contributed by atoms with E-state index in [1.165, 1.54) is 12.8 Å². The maximum atomic E-state index is 11.6. The number of carbonyl (C=O) groups excluding carboxylic acids is 1. The maximum Gasteiger partial charge on any atom is 0.237 e. The van der Waals surface area contributed by atoms with Crippen LogP contribution in [-0.4, -0.2) is 44.0 Å². The molecule has 1 fully saturated rings. The van der Waals surface area contributed by atoms with Crippen LogP contribution in [0.5, 0.6) is 0 Å². The number of nitrogens with one attached hydrogen (secondary N) is 1. The number of aromatic nitrogens is 4. The van der Waals surface area contributed by atoms with E-state index < -0.39 is 5.54 Å². The number of nitrogens with zero attached hydrogens (tertiary/aromatic N) is 4. The van der Waals surface area contributed by atoms with Gasteiger partial charge in [-0.05, 0) is 43.2 Å². The molecule has 1 heterocycles. The molecule has 1 aliphatic carbocycles. The molecule has 0 saturated heterocycles. The van der Waals surface area contributed by atoms with E-state index in [9.17, 15) is 4.79 Å². The fourth-order valence-corrected chi connectivity index (χ4v) is 3.80. The van der Waals surface area contributed by atoms with Crippen molar-refractivity contribution in [1.82, 2.24) is 25.5 Å². The van der Waals surface area contributed by atoms with Crippen molar-refractivity contribution in [2.45, 2.75) is 62.7 Å². The van der Waals surface area contributed by atoms with E-state index in [0.29, 0.717) is 19.0 Å². The second-order valence-corrected chi connectivity index (χ2v) is 6.73. The Hall–Kier alpha value is -1.15. The van der Waals surface area contributed by atoms with Crippen molar-refractivity contribution >= 4 is 17.7 Å². The van der Waals surface area contributed by atoms with Crippen molar-refractivity contribution in [3.63, 3.8) is 0 Å². The van der Waals surface area contributed by atoms with Crippen molar-refractivity contribution < 1.29 is 4.79 Å². The third-order valence-electron chi connectivity index (χ3n) is 4.08. The van der Waals surface area contributed by atoms with E-state index in [0.717, 1.165) is 23.8 Å². The van der Waals surface area contributed by atoms with Gasteiger partial charge in [0.15, 0.2) is 0 Å². The van der Waals surface area contributed by atoms with Crippen molar-refractivity contribution in [1.29, 1.82) is 0 Å². The Morgan fingerprint density at radius 1 is 1.52 bits per heavy atom. The molecular weight excluding hydrogens is 288 g/mol.